The maximum Gasteiger partial charge on any atom is 0.253 e. The molecule has 3 rings (SSSR count). The molecule has 2 heterocycles. The minimum Gasteiger partial charge on any atom is -0.396 e. The zero-order valence-electron chi connectivity index (χ0n) is 14.8. The van der Waals surface area contributed by atoms with Crippen molar-refractivity contribution in [3.8, 4) is 0 Å². The van der Waals surface area contributed by atoms with Crippen LogP contribution in [0.3, 0.4) is 0 Å². The molecular formula is C19H25FN2O3. The second-order valence-electron chi connectivity index (χ2n) is 7.40. The van der Waals surface area contributed by atoms with Crippen LogP contribution in [0.2, 0.25) is 0 Å². The summed E-state index contributed by atoms with van der Waals surface area (Å²) in [5.41, 5.74) is 0.778. The highest BCUT2D eigenvalue weighted by Gasteiger charge is 2.48. The SMILES string of the molecule is CC(=O)N1CC(CO)C2(CCN(C(=O)c3ccc(C)c(F)c3)CC2)C1. The number of amides is 2. The van der Waals surface area contributed by atoms with Crippen molar-refractivity contribution in [1.82, 2.24) is 9.80 Å². The maximum absolute atomic E-state index is 13.7. The average molecular weight is 348 g/mol. The molecule has 1 spiro atoms. The summed E-state index contributed by atoms with van der Waals surface area (Å²) in [6.07, 6.45) is 1.50. The molecule has 0 aliphatic carbocycles. The summed E-state index contributed by atoms with van der Waals surface area (Å²) in [5, 5.41) is 9.73. The molecule has 1 atom stereocenters. The van der Waals surface area contributed by atoms with Crippen molar-refractivity contribution in [3.05, 3.63) is 35.1 Å². The zero-order valence-corrected chi connectivity index (χ0v) is 14.8. The Kier molecular flexibility index (Phi) is 4.82. The lowest BCUT2D eigenvalue weighted by molar-refractivity contribution is -0.128. The summed E-state index contributed by atoms with van der Waals surface area (Å²) in [6.45, 7) is 5.65. The van der Waals surface area contributed by atoms with Gasteiger partial charge in [-0.2, -0.15) is 0 Å². The number of benzene rings is 1. The molecular weight excluding hydrogens is 323 g/mol. The molecule has 1 unspecified atom stereocenters. The number of aryl methyl sites for hydroxylation is 1. The van der Waals surface area contributed by atoms with Gasteiger partial charge in [0.05, 0.1) is 0 Å². The van der Waals surface area contributed by atoms with E-state index in [1.807, 2.05) is 0 Å². The monoisotopic (exact) mass is 348 g/mol. The van der Waals surface area contributed by atoms with Crippen LogP contribution in [-0.4, -0.2) is 59.5 Å². The van der Waals surface area contributed by atoms with Gasteiger partial charge in [0.15, 0.2) is 0 Å². The predicted molar refractivity (Wildman–Crippen MR) is 91.5 cm³/mol. The first kappa shape index (κ1) is 17.9. The third-order valence-electron chi connectivity index (χ3n) is 5.94. The van der Waals surface area contributed by atoms with E-state index in [9.17, 15) is 19.1 Å². The van der Waals surface area contributed by atoms with Crippen LogP contribution in [0, 0.1) is 24.1 Å². The molecule has 2 aliphatic heterocycles. The molecule has 1 aromatic carbocycles. The Hall–Kier alpha value is -1.95. The average Bonchev–Trinajstić information content (AvgIpc) is 2.96. The number of aliphatic hydroxyl groups excluding tert-OH is 1. The van der Waals surface area contributed by atoms with E-state index in [4.69, 9.17) is 0 Å². The van der Waals surface area contributed by atoms with Crippen molar-refractivity contribution in [1.29, 1.82) is 0 Å². The van der Waals surface area contributed by atoms with Gasteiger partial charge in [-0.05, 0) is 42.9 Å². The van der Waals surface area contributed by atoms with E-state index in [0.29, 0.717) is 37.3 Å². The molecule has 2 amide bonds. The second kappa shape index (κ2) is 6.75. The number of likely N-dealkylation sites (tertiary alicyclic amines) is 2. The molecule has 0 radical (unpaired) electrons. The highest BCUT2D eigenvalue weighted by molar-refractivity contribution is 5.94. The van der Waals surface area contributed by atoms with Gasteiger partial charge < -0.3 is 14.9 Å². The molecule has 2 saturated heterocycles. The quantitative estimate of drug-likeness (QED) is 0.887. The van der Waals surface area contributed by atoms with Crippen molar-refractivity contribution in [2.24, 2.45) is 11.3 Å². The first-order valence-electron chi connectivity index (χ1n) is 8.78. The van der Waals surface area contributed by atoms with Crippen LogP contribution < -0.4 is 0 Å². The third kappa shape index (κ3) is 3.27. The first-order chi connectivity index (χ1) is 11.9. The van der Waals surface area contributed by atoms with Gasteiger partial charge in [-0.25, -0.2) is 4.39 Å². The van der Waals surface area contributed by atoms with E-state index >= 15 is 0 Å². The second-order valence-corrected chi connectivity index (χ2v) is 7.40. The van der Waals surface area contributed by atoms with Gasteiger partial charge >= 0.3 is 0 Å². The van der Waals surface area contributed by atoms with Crippen molar-refractivity contribution in [2.75, 3.05) is 32.8 Å². The number of aliphatic hydroxyl groups is 1. The summed E-state index contributed by atoms with van der Waals surface area (Å²) in [4.78, 5) is 27.9. The van der Waals surface area contributed by atoms with Crippen LogP contribution in [0.4, 0.5) is 4.39 Å². The largest absolute Gasteiger partial charge is 0.396 e. The summed E-state index contributed by atoms with van der Waals surface area (Å²) in [5.74, 6) is -0.433. The number of piperidine rings is 1. The van der Waals surface area contributed by atoms with Crippen molar-refractivity contribution < 1.29 is 19.1 Å². The van der Waals surface area contributed by atoms with E-state index in [0.717, 1.165) is 12.8 Å². The molecule has 0 saturated carbocycles. The number of carbonyl (C=O) groups is 2. The first-order valence-corrected chi connectivity index (χ1v) is 8.78. The van der Waals surface area contributed by atoms with Crippen molar-refractivity contribution in [3.63, 3.8) is 0 Å². The van der Waals surface area contributed by atoms with Crippen molar-refractivity contribution >= 4 is 11.8 Å². The topological polar surface area (TPSA) is 60.9 Å². The zero-order chi connectivity index (χ0) is 18.2. The fraction of sp³-hybridized carbons (Fsp3) is 0.579. The lowest BCUT2D eigenvalue weighted by Gasteiger charge is -2.42. The van der Waals surface area contributed by atoms with Gasteiger partial charge in [-0.15, -0.1) is 0 Å². The predicted octanol–water partition coefficient (Wildman–Crippen LogP) is 1.83. The van der Waals surface area contributed by atoms with Gasteiger partial charge in [0.2, 0.25) is 5.91 Å². The fourth-order valence-electron chi connectivity index (χ4n) is 4.15. The van der Waals surface area contributed by atoms with Gasteiger partial charge in [0.25, 0.3) is 5.91 Å². The molecule has 1 aromatic rings. The van der Waals surface area contributed by atoms with Crippen LogP contribution in [0.1, 0.15) is 35.7 Å². The minimum atomic E-state index is -0.368. The number of carbonyl (C=O) groups excluding carboxylic acids is 2. The standard InChI is InChI=1S/C19H25FN2O3/c1-13-3-4-15(9-17(13)20)18(25)21-7-5-19(6-8-21)12-22(14(2)24)10-16(19)11-23/h3-4,9,16,23H,5-8,10-12H2,1-2H3. The fourth-order valence-corrected chi connectivity index (χ4v) is 4.15. The number of rotatable bonds is 2. The number of nitrogens with zero attached hydrogens (tertiary/aromatic N) is 2. The Morgan fingerprint density at radius 1 is 1.28 bits per heavy atom. The number of hydrogen-bond donors (Lipinski definition) is 1. The highest BCUT2D eigenvalue weighted by atomic mass is 19.1. The van der Waals surface area contributed by atoms with Crippen LogP contribution in [0.25, 0.3) is 0 Å². The number of halogens is 1. The molecule has 1 N–H and O–H groups in total. The summed E-state index contributed by atoms with van der Waals surface area (Å²) >= 11 is 0. The Balaban J connectivity index is 1.69. The van der Waals surface area contributed by atoms with Crippen LogP contribution in [0.15, 0.2) is 18.2 Å². The molecule has 2 aliphatic rings. The molecule has 25 heavy (non-hydrogen) atoms. The third-order valence-corrected chi connectivity index (χ3v) is 5.94. The summed E-state index contributed by atoms with van der Waals surface area (Å²) in [6, 6.07) is 4.58. The van der Waals surface area contributed by atoms with E-state index in [1.54, 1.807) is 35.8 Å². The number of hydrogen-bond acceptors (Lipinski definition) is 3. The summed E-state index contributed by atoms with van der Waals surface area (Å²) in [7, 11) is 0. The van der Waals surface area contributed by atoms with E-state index in [2.05, 4.69) is 0 Å². The van der Waals surface area contributed by atoms with E-state index < -0.39 is 0 Å². The lowest BCUT2D eigenvalue weighted by atomic mass is 9.71. The van der Waals surface area contributed by atoms with Crippen LogP contribution in [0.5, 0.6) is 0 Å². The highest BCUT2D eigenvalue weighted by Crippen LogP contribution is 2.44. The van der Waals surface area contributed by atoms with Crippen LogP contribution >= 0.6 is 0 Å². The van der Waals surface area contributed by atoms with Gasteiger partial charge in [0, 0.05) is 51.2 Å². The Morgan fingerprint density at radius 3 is 2.52 bits per heavy atom. The smallest absolute Gasteiger partial charge is 0.253 e. The molecule has 136 valence electrons. The van der Waals surface area contributed by atoms with Crippen molar-refractivity contribution in [2.45, 2.75) is 26.7 Å². The molecule has 0 aromatic heterocycles. The Bertz CT molecular complexity index is 683. The molecule has 5 nitrogen and oxygen atoms in total. The maximum atomic E-state index is 13.7. The van der Waals surface area contributed by atoms with Gasteiger partial charge in [0.1, 0.15) is 5.82 Å². The van der Waals surface area contributed by atoms with Crippen LogP contribution in [-0.2, 0) is 4.79 Å². The minimum absolute atomic E-state index is 0.0314. The summed E-state index contributed by atoms with van der Waals surface area (Å²) < 4.78 is 13.7. The lowest BCUT2D eigenvalue weighted by Crippen LogP contribution is -2.47. The van der Waals surface area contributed by atoms with Gasteiger partial charge in [-0.3, -0.25) is 9.59 Å². The van der Waals surface area contributed by atoms with Gasteiger partial charge in [-0.1, -0.05) is 6.07 Å². The Morgan fingerprint density at radius 2 is 1.96 bits per heavy atom. The van der Waals surface area contributed by atoms with E-state index in [-0.39, 0.29) is 35.6 Å². The molecule has 0 bridgehead atoms. The molecule has 6 heteroatoms. The Labute approximate surface area is 147 Å². The normalized spacial score (nSPS) is 22.5. The van der Waals surface area contributed by atoms with E-state index in [1.165, 1.54) is 6.07 Å². The molecule has 2 fully saturated rings.